The van der Waals surface area contributed by atoms with Crippen molar-refractivity contribution in [2.45, 2.75) is 26.4 Å². The van der Waals surface area contributed by atoms with Gasteiger partial charge >= 0.3 is 5.97 Å². The smallest absolute Gasteiger partial charge is 0.341 e. The lowest BCUT2D eigenvalue weighted by atomic mass is 10.1. The fourth-order valence-electron chi connectivity index (χ4n) is 1.22. The van der Waals surface area contributed by atoms with E-state index in [0.717, 1.165) is 3.57 Å². The molecule has 0 amide bonds. The molecule has 0 unspecified atom stereocenters. The quantitative estimate of drug-likeness (QED) is 0.472. The minimum absolute atomic E-state index is 0.166. The van der Waals surface area contributed by atoms with Crippen molar-refractivity contribution in [2.24, 2.45) is 0 Å². The second kappa shape index (κ2) is 5.86. The summed E-state index contributed by atoms with van der Waals surface area (Å²) in [6.07, 6.45) is 0.166. The largest absolute Gasteiger partial charge is 0.487 e. The molecule has 0 N–H and O–H groups in total. The van der Waals surface area contributed by atoms with Crippen molar-refractivity contribution in [3.63, 3.8) is 0 Å². The summed E-state index contributed by atoms with van der Waals surface area (Å²) in [7, 11) is 3.11. The zero-order chi connectivity index (χ0) is 13.1. The summed E-state index contributed by atoms with van der Waals surface area (Å²) in [5, 5.41) is 0. The second-order valence-corrected chi connectivity index (χ2v) is 5.97. The van der Waals surface area contributed by atoms with E-state index in [4.69, 9.17) is 9.47 Å². The van der Waals surface area contributed by atoms with Gasteiger partial charge in [0.2, 0.25) is 0 Å². The predicted octanol–water partition coefficient (Wildman–Crippen LogP) is 2.75. The molecule has 1 rings (SSSR count). The molecule has 0 saturated heterocycles. The monoisotopic (exact) mass is 361 g/mol. The van der Waals surface area contributed by atoms with Gasteiger partial charge in [0.25, 0.3) is 0 Å². The van der Waals surface area contributed by atoms with Crippen molar-refractivity contribution >= 4 is 38.8 Å². The summed E-state index contributed by atoms with van der Waals surface area (Å²) in [6, 6.07) is 5.44. The number of esters is 1. The van der Waals surface area contributed by atoms with Crippen molar-refractivity contribution in [1.82, 2.24) is 0 Å². The van der Waals surface area contributed by atoms with Crippen LogP contribution in [0.4, 0.5) is 0 Å². The molecule has 1 aromatic carbocycles. The molecule has 0 fully saturated rings. The van der Waals surface area contributed by atoms with Crippen LogP contribution >= 0.6 is 22.6 Å². The summed E-state index contributed by atoms with van der Waals surface area (Å²) >= 11 is 2.15. The number of benzene rings is 1. The van der Waals surface area contributed by atoms with E-state index in [1.165, 1.54) is 0 Å². The summed E-state index contributed by atoms with van der Waals surface area (Å²) < 4.78 is 11.6. The minimum atomic E-state index is -0.391. The molecule has 0 spiro atoms. The molecule has 0 heterocycles. The molecular weight excluding hydrogens is 347 g/mol. The Balaban J connectivity index is 3.08. The van der Waals surface area contributed by atoms with Gasteiger partial charge in [-0.1, -0.05) is 0 Å². The van der Waals surface area contributed by atoms with Crippen molar-refractivity contribution < 1.29 is 14.3 Å². The number of rotatable bonds is 3. The molecule has 0 aliphatic heterocycles. The molecule has 0 aliphatic rings. The van der Waals surface area contributed by atoms with Gasteiger partial charge in [-0.15, -0.1) is 0 Å². The molecule has 5 heteroatoms. The summed E-state index contributed by atoms with van der Waals surface area (Å²) in [6.45, 7) is 5.80. The van der Waals surface area contributed by atoms with Crippen molar-refractivity contribution in [2.75, 3.05) is 6.23 Å². The van der Waals surface area contributed by atoms with Crippen LogP contribution in [0.3, 0.4) is 0 Å². The standard InChI is InChI=1S/C12H14IO3Si/c1-12(2,3)16-10-5-4-8(13)6-9(10)11(14)15-7-17/h4-6H,7H2,1-3H3. The molecule has 3 radical (unpaired) electrons. The van der Waals surface area contributed by atoms with Gasteiger partial charge in [-0.2, -0.15) is 0 Å². The summed E-state index contributed by atoms with van der Waals surface area (Å²) in [5.74, 6) is 0.154. The van der Waals surface area contributed by atoms with Crippen molar-refractivity contribution in [3.05, 3.63) is 27.3 Å². The van der Waals surface area contributed by atoms with Gasteiger partial charge in [0, 0.05) is 3.57 Å². The van der Waals surface area contributed by atoms with Crippen LogP contribution in [0.15, 0.2) is 18.2 Å². The van der Waals surface area contributed by atoms with E-state index >= 15 is 0 Å². The maximum Gasteiger partial charge on any atom is 0.341 e. The van der Waals surface area contributed by atoms with Crippen LogP contribution < -0.4 is 4.74 Å². The maximum atomic E-state index is 11.8. The molecule has 17 heavy (non-hydrogen) atoms. The molecule has 1 aromatic rings. The summed E-state index contributed by atoms with van der Waals surface area (Å²) in [4.78, 5) is 11.8. The lowest BCUT2D eigenvalue weighted by Crippen LogP contribution is -2.24. The minimum Gasteiger partial charge on any atom is -0.487 e. The van der Waals surface area contributed by atoms with Crippen LogP contribution in [-0.4, -0.2) is 28.0 Å². The average Bonchev–Trinajstić information content (AvgIpc) is 2.19. The maximum absolute atomic E-state index is 11.8. The molecule has 0 bridgehead atoms. The SMILES string of the molecule is CC(C)(C)Oc1ccc(I)cc1C(=O)OC[Si]. The molecule has 0 saturated carbocycles. The normalized spacial score (nSPS) is 11.1. The van der Waals surface area contributed by atoms with Gasteiger partial charge in [-0.3, -0.25) is 0 Å². The Bertz CT molecular complexity index is 413. The Kier molecular flexibility index (Phi) is 5.00. The van der Waals surface area contributed by atoms with Crippen LogP contribution in [0.2, 0.25) is 0 Å². The Hall–Kier alpha value is -0.563. The average molecular weight is 361 g/mol. The Labute approximate surface area is 118 Å². The highest BCUT2D eigenvalue weighted by molar-refractivity contribution is 14.1. The third kappa shape index (κ3) is 4.67. The second-order valence-electron chi connectivity index (χ2n) is 4.43. The fraction of sp³-hybridized carbons (Fsp3) is 0.417. The highest BCUT2D eigenvalue weighted by Crippen LogP contribution is 2.25. The third-order valence-corrected chi connectivity index (χ3v) is 2.60. The first-order valence-corrected chi connectivity index (χ1v) is 6.92. The fourth-order valence-corrected chi connectivity index (χ4v) is 1.85. The van der Waals surface area contributed by atoms with Gasteiger partial charge in [0.15, 0.2) is 0 Å². The molecule has 0 atom stereocenters. The van der Waals surface area contributed by atoms with Crippen LogP contribution in [0.5, 0.6) is 5.75 Å². The van der Waals surface area contributed by atoms with E-state index in [1.807, 2.05) is 26.8 Å². The first-order chi connectivity index (χ1) is 7.83. The molecular formula is C12H14IO3Si. The van der Waals surface area contributed by atoms with Gasteiger partial charge < -0.3 is 9.47 Å². The van der Waals surface area contributed by atoms with Gasteiger partial charge in [-0.25, -0.2) is 4.79 Å². The molecule has 3 nitrogen and oxygen atoms in total. The van der Waals surface area contributed by atoms with Crippen LogP contribution in [-0.2, 0) is 4.74 Å². The molecule has 0 aliphatic carbocycles. The predicted molar refractivity (Wildman–Crippen MR) is 75.6 cm³/mol. The number of ether oxygens (including phenoxy) is 2. The number of hydrogen-bond acceptors (Lipinski definition) is 3. The zero-order valence-electron chi connectivity index (χ0n) is 10.0. The number of carbonyl (C=O) groups excluding carboxylic acids is 1. The van der Waals surface area contributed by atoms with Gasteiger partial charge in [0.1, 0.15) is 16.9 Å². The third-order valence-electron chi connectivity index (χ3n) is 1.78. The first-order valence-electron chi connectivity index (χ1n) is 5.14. The van der Waals surface area contributed by atoms with E-state index in [2.05, 4.69) is 32.8 Å². The highest BCUT2D eigenvalue weighted by atomic mass is 127. The van der Waals surface area contributed by atoms with E-state index in [-0.39, 0.29) is 11.8 Å². The highest BCUT2D eigenvalue weighted by Gasteiger charge is 2.19. The number of hydrogen-bond donors (Lipinski definition) is 0. The Morgan fingerprint density at radius 3 is 2.59 bits per heavy atom. The van der Waals surface area contributed by atoms with Crippen LogP contribution in [0, 0.1) is 3.57 Å². The van der Waals surface area contributed by atoms with E-state index in [9.17, 15) is 4.79 Å². The lowest BCUT2D eigenvalue weighted by molar-refractivity contribution is 0.0559. The lowest BCUT2D eigenvalue weighted by Gasteiger charge is -2.22. The van der Waals surface area contributed by atoms with Crippen LogP contribution in [0.25, 0.3) is 0 Å². The Morgan fingerprint density at radius 2 is 2.06 bits per heavy atom. The van der Waals surface area contributed by atoms with E-state index in [0.29, 0.717) is 11.3 Å². The number of halogens is 1. The molecule has 0 aromatic heterocycles. The summed E-state index contributed by atoms with van der Waals surface area (Å²) in [5.41, 5.74) is 0.0977. The topological polar surface area (TPSA) is 35.5 Å². The van der Waals surface area contributed by atoms with Crippen molar-refractivity contribution in [3.8, 4) is 5.75 Å². The van der Waals surface area contributed by atoms with E-state index in [1.54, 1.807) is 12.1 Å². The number of carbonyl (C=O) groups is 1. The van der Waals surface area contributed by atoms with E-state index < -0.39 is 5.97 Å². The van der Waals surface area contributed by atoms with Crippen molar-refractivity contribution in [1.29, 1.82) is 0 Å². The molecule has 91 valence electrons. The van der Waals surface area contributed by atoms with Crippen LogP contribution in [0.1, 0.15) is 31.1 Å². The zero-order valence-corrected chi connectivity index (χ0v) is 13.2. The Morgan fingerprint density at radius 1 is 1.41 bits per heavy atom. The van der Waals surface area contributed by atoms with Gasteiger partial charge in [0.05, 0.1) is 16.5 Å². The first kappa shape index (κ1) is 14.5. The van der Waals surface area contributed by atoms with Gasteiger partial charge in [-0.05, 0) is 61.6 Å².